The molecule has 4 nitrogen and oxygen atoms in total. The van der Waals surface area contributed by atoms with Crippen LogP contribution in [0.5, 0.6) is 0 Å². The Hall–Kier alpha value is -0.680. The number of hydrogen-bond acceptors (Lipinski definition) is 3. The molecule has 98 valence electrons. The lowest BCUT2D eigenvalue weighted by molar-refractivity contribution is -0.122. The molecule has 1 aliphatic rings. The van der Waals surface area contributed by atoms with Crippen LogP contribution < -0.4 is 11.1 Å². The lowest BCUT2D eigenvalue weighted by atomic mass is 10.0. The van der Waals surface area contributed by atoms with Gasteiger partial charge >= 0.3 is 0 Å². The highest BCUT2D eigenvalue weighted by molar-refractivity contribution is 7.80. The maximum Gasteiger partial charge on any atom is 0.220 e. The molecular weight excluding hydrogens is 234 g/mol. The molecule has 0 aromatic carbocycles. The smallest absolute Gasteiger partial charge is 0.220 e. The van der Waals surface area contributed by atoms with Gasteiger partial charge in [0.05, 0.1) is 4.99 Å². The molecule has 5 heteroatoms. The number of likely N-dealkylation sites (tertiary alicyclic amines) is 1. The third-order valence-electron chi connectivity index (χ3n) is 3.09. The fraction of sp³-hybridized carbons (Fsp3) is 0.833. The Morgan fingerprint density at radius 2 is 2.12 bits per heavy atom. The summed E-state index contributed by atoms with van der Waals surface area (Å²) < 4.78 is 0. The van der Waals surface area contributed by atoms with E-state index in [0.717, 1.165) is 38.8 Å². The monoisotopic (exact) mass is 257 g/mol. The fourth-order valence-electron chi connectivity index (χ4n) is 2.09. The van der Waals surface area contributed by atoms with Crippen LogP contribution >= 0.6 is 12.2 Å². The summed E-state index contributed by atoms with van der Waals surface area (Å²) in [6.07, 6.45) is 4.70. The third kappa shape index (κ3) is 5.98. The molecule has 1 rings (SSSR count). The van der Waals surface area contributed by atoms with Crippen molar-refractivity contribution in [2.45, 2.75) is 45.1 Å². The zero-order chi connectivity index (χ0) is 12.7. The molecule has 0 saturated carbocycles. The van der Waals surface area contributed by atoms with E-state index in [1.54, 1.807) is 0 Å². The minimum atomic E-state index is 0.194. The van der Waals surface area contributed by atoms with Crippen LogP contribution in [0.2, 0.25) is 0 Å². The molecule has 0 aliphatic carbocycles. The molecular formula is C12H23N3OS. The van der Waals surface area contributed by atoms with Gasteiger partial charge in [0.2, 0.25) is 5.91 Å². The van der Waals surface area contributed by atoms with Gasteiger partial charge < -0.3 is 11.1 Å². The van der Waals surface area contributed by atoms with Crippen molar-refractivity contribution in [1.29, 1.82) is 0 Å². The van der Waals surface area contributed by atoms with Crippen molar-refractivity contribution in [3.05, 3.63) is 0 Å². The standard InChI is InChI=1S/C12H23N3OS/c1-2-3-4-12(16)14-10-5-7-15(8-6-10)9-11(13)17/h10H,2-9H2,1H3,(H2,13,17)(H,14,16). The van der Waals surface area contributed by atoms with Crippen molar-refractivity contribution in [1.82, 2.24) is 10.2 Å². The summed E-state index contributed by atoms with van der Waals surface area (Å²) in [5, 5.41) is 3.10. The van der Waals surface area contributed by atoms with E-state index in [0.29, 0.717) is 24.0 Å². The number of nitrogens with zero attached hydrogens (tertiary/aromatic N) is 1. The van der Waals surface area contributed by atoms with Crippen LogP contribution in [0.15, 0.2) is 0 Å². The second-order valence-corrected chi connectivity index (χ2v) is 5.21. The van der Waals surface area contributed by atoms with Crippen LogP contribution in [0, 0.1) is 0 Å². The van der Waals surface area contributed by atoms with Gasteiger partial charge in [0, 0.05) is 32.1 Å². The van der Waals surface area contributed by atoms with Gasteiger partial charge in [-0.15, -0.1) is 0 Å². The predicted octanol–water partition coefficient (Wildman–Crippen LogP) is 1.04. The first kappa shape index (κ1) is 14.4. The largest absolute Gasteiger partial charge is 0.392 e. The van der Waals surface area contributed by atoms with Crippen molar-refractivity contribution in [3.63, 3.8) is 0 Å². The Morgan fingerprint density at radius 3 is 2.65 bits per heavy atom. The van der Waals surface area contributed by atoms with Crippen molar-refractivity contribution in [2.24, 2.45) is 5.73 Å². The highest BCUT2D eigenvalue weighted by Gasteiger charge is 2.20. The molecule has 1 fully saturated rings. The minimum Gasteiger partial charge on any atom is -0.392 e. The third-order valence-corrected chi connectivity index (χ3v) is 3.22. The van der Waals surface area contributed by atoms with Crippen molar-refractivity contribution in [2.75, 3.05) is 19.6 Å². The molecule has 17 heavy (non-hydrogen) atoms. The Bertz CT molecular complexity index is 262. The van der Waals surface area contributed by atoms with E-state index in [-0.39, 0.29) is 5.91 Å². The van der Waals surface area contributed by atoms with Gasteiger partial charge in [0.1, 0.15) is 0 Å². The highest BCUT2D eigenvalue weighted by Crippen LogP contribution is 2.10. The van der Waals surface area contributed by atoms with E-state index in [9.17, 15) is 4.79 Å². The van der Waals surface area contributed by atoms with E-state index in [1.165, 1.54) is 0 Å². The van der Waals surface area contributed by atoms with Crippen LogP contribution in [0.25, 0.3) is 0 Å². The maximum absolute atomic E-state index is 11.6. The zero-order valence-electron chi connectivity index (χ0n) is 10.6. The van der Waals surface area contributed by atoms with Gasteiger partial charge in [0.15, 0.2) is 0 Å². The second kappa shape index (κ2) is 7.61. The van der Waals surface area contributed by atoms with E-state index in [1.807, 2.05) is 0 Å². The lowest BCUT2D eigenvalue weighted by Gasteiger charge is -2.31. The number of unbranched alkanes of at least 4 members (excludes halogenated alkanes) is 1. The average molecular weight is 257 g/mol. The Kier molecular flexibility index (Phi) is 6.44. The van der Waals surface area contributed by atoms with E-state index < -0.39 is 0 Å². The molecule has 0 aromatic heterocycles. The summed E-state index contributed by atoms with van der Waals surface area (Å²) in [6.45, 7) is 4.74. The van der Waals surface area contributed by atoms with E-state index in [4.69, 9.17) is 18.0 Å². The molecule has 1 aliphatic heterocycles. The Labute approximate surface area is 109 Å². The minimum absolute atomic E-state index is 0.194. The van der Waals surface area contributed by atoms with Gasteiger partial charge in [-0.3, -0.25) is 9.69 Å². The molecule has 0 atom stereocenters. The second-order valence-electron chi connectivity index (χ2n) is 4.69. The van der Waals surface area contributed by atoms with Gasteiger partial charge in [-0.1, -0.05) is 25.6 Å². The van der Waals surface area contributed by atoms with Crippen molar-refractivity contribution < 1.29 is 4.79 Å². The number of piperidine rings is 1. The molecule has 0 radical (unpaired) electrons. The first-order valence-corrected chi connectivity index (χ1v) is 6.82. The van der Waals surface area contributed by atoms with E-state index in [2.05, 4.69) is 17.1 Å². The number of rotatable bonds is 6. The Balaban J connectivity index is 2.18. The first-order valence-electron chi connectivity index (χ1n) is 6.41. The number of amides is 1. The Morgan fingerprint density at radius 1 is 1.47 bits per heavy atom. The number of carbonyl (C=O) groups excluding carboxylic acids is 1. The molecule has 0 aromatic rings. The average Bonchev–Trinajstić information content (AvgIpc) is 2.28. The molecule has 1 heterocycles. The predicted molar refractivity (Wildman–Crippen MR) is 73.9 cm³/mol. The molecule has 3 N–H and O–H groups in total. The summed E-state index contributed by atoms with van der Waals surface area (Å²) in [5.74, 6) is 0.194. The first-order chi connectivity index (χ1) is 8.11. The molecule has 0 spiro atoms. The van der Waals surface area contributed by atoms with Crippen LogP contribution in [0.3, 0.4) is 0 Å². The molecule has 1 saturated heterocycles. The lowest BCUT2D eigenvalue weighted by Crippen LogP contribution is -2.46. The molecule has 0 bridgehead atoms. The van der Waals surface area contributed by atoms with Gasteiger partial charge in [-0.05, 0) is 19.3 Å². The van der Waals surface area contributed by atoms with Crippen LogP contribution in [-0.2, 0) is 4.79 Å². The summed E-state index contributed by atoms with van der Waals surface area (Å²) in [5.41, 5.74) is 5.51. The maximum atomic E-state index is 11.6. The van der Waals surface area contributed by atoms with Gasteiger partial charge in [-0.2, -0.15) is 0 Å². The van der Waals surface area contributed by atoms with Crippen LogP contribution in [0.1, 0.15) is 39.0 Å². The van der Waals surface area contributed by atoms with Gasteiger partial charge in [-0.25, -0.2) is 0 Å². The number of nitrogens with one attached hydrogen (secondary N) is 1. The fourth-order valence-corrected chi connectivity index (χ4v) is 2.28. The van der Waals surface area contributed by atoms with Crippen molar-refractivity contribution in [3.8, 4) is 0 Å². The quantitative estimate of drug-likeness (QED) is 0.698. The summed E-state index contributed by atoms with van der Waals surface area (Å²) in [6, 6.07) is 0.335. The molecule has 0 unspecified atom stereocenters. The summed E-state index contributed by atoms with van der Waals surface area (Å²) in [4.78, 5) is 14.4. The number of thiocarbonyl (C=S) groups is 1. The van der Waals surface area contributed by atoms with Crippen LogP contribution in [0.4, 0.5) is 0 Å². The number of hydrogen-bond donors (Lipinski definition) is 2. The highest BCUT2D eigenvalue weighted by atomic mass is 32.1. The van der Waals surface area contributed by atoms with Crippen molar-refractivity contribution >= 4 is 23.1 Å². The number of nitrogens with two attached hydrogens (primary N) is 1. The summed E-state index contributed by atoms with van der Waals surface area (Å²) in [7, 11) is 0. The van der Waals surface area contributed by atoms with Gasteiger partial charge in [0.25, 0.3) is 0 Å². The normalized spacial score (nSPS) is 17.9. The molecule has 1 amide bonds. The zero-order valence-corrected chi connectivity index (χ0v) is 11.4. The van der Waals surface area contributed by atoms with Crippen LogP contribution in [-0.4, -0.2) is 41.5 Å². The van der Waals surface area contributed by atoms with E-state index >= 15 is 0 Å². The summed E-state index contributed by atoms with van der Waals surface area (Å²) >= 11 is 4.89. The topological polar surface area (TPSA) is 58.4 Å². The number of carbonyl (C=O) groups is 1. The SMILES string of the molecule is CCCCC(=O)NC1CCN(CC(N)=S)CC1.